The lowest BCUT2D eigenvalue weighted by molar-refractivity contribution is 0.0238. The second-order valence-corrected chi connectivity index (χ2v) is 9.64. The van der Waals surface area contributed by atoms with Crippen molar-refractivity contribution in [3.63, 3.8) is 0 Å². The first-order chi connectivity index (χ1) is 14.7. The zero-order chi connectivity index (χ0) is 22.2. The van der Waals surface area contributed by atoms with Gasteiger partial charge in [0.15, 0.2) is 0 Å². The molecule has 1 aromatic carbocycles. The van der Waals surface area contributed by atoms with Crippen LogP contribution in [0.15, 0.2) is 12.1 Å². The molecule has 2 aromatic rings. The number of carbonyl (C=O) groups is 1. The molecule has 3 heterocycles. The molecule has 0 saturated carbocycles. The van der Waals surface area contributed by atoms with E-state index in [-0.39, 0.29) is 18.2 Å². The zero-order valence-electron chi connectivity index (χ0n) is 18.4. The van der Waals surface area contributed by atoms with E-state index in [2.05, 4.69) is 4.98 Å². The SMILES string of the molecule is CC(C)(C)OC(=O)N1CCCC[C@@H](n2c(N)nc3ccc(O[C@@H]4CCOC4)c(Cl)c32)C1. The molecular weight excluding hydrogens is 420 g/mol. The highest BCUT2D eigenvalue weighted by atomic mass is 35.5. The van der Waals surface area contributed by atoms with E-state index in [9.17, 15) is 4.79 Å². The Bertz CT molecular complexity index is 949. The average molecular weight is 451 g/mol. The van der Waals surface area contributed by atoms with Gasteiger partial charge in [-0.3, -0.25) is 0 Å². The molecule has 9 heteroatoms. The third-order valence-corrected chi connectivity index (χ3v) is 5.99. The Labute approximate surface area is 187 Å². The fraction of sp³-hybridized carbons (Fsp3) is 0.636. The zero-order valence-corrected chi connectivity index (χ0v) is 19.2. The largest absolute Gasteiger partial charge is 0.486 e. The van der Waals surface area contributed by atoms with E-state index in [4.69, 9.17) is 31.5 Å². The lowest BCUT2D eigenvalue weighted by Crippen LogP contribution is -2.39. The first-order valence-electron chi connectivity index (χ1n) is 10.9. The first-order valence-corrected chi connectivity index (χ1v) is 11.3. The fourth-order valence-electron chi connectivity index (χ4n) is 4.22. The molecule has 1 amide bonds. The van der Waals surface area contributed by atoms with Crippen LogP contribution in [0.4, 0.5) is 10.7 Å². The molecule has 2 N–H and O–H groups in total. The summed E-state index contributed by atoms with van der Waals surface area (Å²) in [6.07, 6.45) is 3.27. The highest BCUT2D eigenvalue weighted by molar-refractivity contribution is 6.36. The minimum absolute atomic E-state index is 0.00999. The Kier molecular flexibility index (Phi) is 6.21. The van der Waals surface area contributed by atoms with Crippen molar-refractivity contribution in [3.8, 4) is 5.75 Å². The smallest absolute Gasteiger partial charge is 0.410 e. The molecule has 2 saturated heterocycles. The molecule has 4 rings (SSSR count). The van der Waals surface area contributed by atoms with Crippen molar-refractivity contribution >= 4 is 34.7 Å². The molecule has 0 aliphatic carbocycles. The Balaban J connectivity index is 1.65. The van der Waals surface area contributed by atoms with Gasteiger partial charge in [0.05, 0.1) is 30.3 Å². The van der Waals surface area contributed by atoms with Gasteiger partial charge in [-0.15, -0.1) is 0 Å². The predicted molar refractivity (Wildman–Crippen MR) is 120 cm³/mol. The third kappa shape index (κ3) is 4.85. The van der Waals surface area contributed by atoms with Gasteiger partial charge in [0.2, 0.25) is 5.95 Å². The van der Waals surface area contributed by atoms with Gasteiger partial charge in [0.25, 0.3) is 0 Å². The number of nitrogens with zero attached hydrogens (tertiary/aromatic N) is 3. The van der Waals surface area contributed by atoms with Crippen molar-refractivity contribution < 1.29 is 19.0 Å². The summed E-state index contributed by atoms with van der Waals surface area (Å²) in [5, 5.41) is 0.488. The first kappa shape index (κ1) is 22.0. The molecule has 0 unspecified atom stereocenters. The number of hydrogen-bond acceptors (Lipinski definition) is 6. The van der Waals surface area contributed by atoms with Crippen molar-refractivity contribution in [2.45, 2.75) is 64.2 Å². The van der Waals surface area contributed by atoms with Crippen molar-refractivity contribution in [2.75, 3.05) is 32.0 Å². The molecule has 31 heavy (non-hydrogen) atoms. The summed E-state index contributed by atoms with van der Waals surface area (Å²) < 4.78 is 19.1. The molecule has 2 atom stereocenters. The number of carbonyl (C=O) groups excluding carboxylic acids is 1. The number of rotatable bonds is 3. The van der Waals surface area contributed by atoms with Gasteiger partial charge < -0.3 is 29.4 Å². The number of fused-ring (bicyclic) bond motifs is 1. The van der Waals surface area contributed by atoms with E-state index in [0.29, 0.717) is 48.5 Å². The summed E-state index contributed by atoms with van der Waals surface area (Å²) in [4.78, 5) is 19.0. The lowest BCUT2D eigenvalue weighted by atomic mass is 10.1. The lowest BCUT2D eigenvalue weighted by Gasteiger charge is -2.29. The van der Waals surface area contributed by atoms with Crippen molar-refractivity contribution in [1.29, 1.82) is 0 Å². The Hall–Kier alpha value is -2.19. The maximum absolute atomic E-state index is 12.7. The van der Waals surface area contributed by atoms with E-state index in [1.807, 2.05) is 37.5 Å². The molecule has 0 bridgehead atoms. The van der Waals surface area contributed by atoms with Gasteiger partial charge in [-0.05, 0) is 52.2 Å². The van der Waals surface area contributed by atoms with Crippen LogP contribution in [0.2, 0.25) is 5.02 Å². The van der Waals surface area contributed by atoms with Gasteiger partial charge >= 0.3 is 6.09 Å². The maximum Gasteiger partial charge on any atom is 0.410 e. The normalized spacial score (nSPS) is 22.5. The van der Waals surface area contributed by atoms with Crippen LogP contribution in [0, 0.1) is 0 Å². The Morgan fingerprint density at radius 2 is 2.10 bits per heavy atom. The van der Waals surface area contributed by atoms with Gasteiger partial charge in [0.1, 0.15) is 22.5 Å². The molecule has 1 aromatic heterocycles. The van der Waals surface area contributed by atoms with Crippen molar-refractivity contribution in [3.05, 3.63) is 17.2 Å². The highest BCUT2D eigenvalue weighted by Crippen LogP contribution is 2.38. The highest BCUT2D eigenvalue weighted by Gasteiger charge is 2.30. The number of imidazole rings is 1. The van der Waals surface area contributed by atoms with Crippen LogP contribution in [0.1, 0.15) is 52.5 Å². The van der Waals surface area contributed by atoms with E-state index >= 15 is 0 Å². The summed E-state index contributed by atoms with van der Waals surface area (Å²) in [5.41, 5.74) is 7.25. The Morgan fingerprint density at radius 3 is 2.81 bits per heavy atom. The van der Waals surface area contributed by atoms with Gasteiger partial charge in [-0.25, -0.2) is 9.78 Å². The van der Waals surface area contributed by atoms with Crippen LogP contribution in [0.25, 0.3) is 11.0 Å². The summed E-state index contributed by atoms with van der Waals surface area (Å²) in [6.45, 7) is 8.01. The van der Waals surface area contributed by atoms with Crippen LogP contribution in [0.3, 0.4) is 0 Å². The standard InChI is InChI=1S/C22H31ClN4O4/c1-22(2,3)31-21(28)26-10-5-4-6-14(12-26)27-19-16(25-20(27)24)7-8-17(18(19)23)30-15-9-11-29-13-15/h7-8,14-15H,4-6,9-13H2,1-3H3,(H2,24,25)/t14-,15-/m1/s1. The molecule has 2 aliphatic rings. The topological polar surface area (TPSA) is 91.8 Å². The molecule has 0 radical (unpaired) electrons. The molecule has 2 aliphatic heterocycles. The van der Waals surface area contributed by atoms with Crippen molar-refractivity contribution in [1.82, 2.24) is 14.5 Å². The van der Waals surface area contributed by atoms with Gasteiger partial charge in [0, 0.05) is 19.5 Å². The van der Waals surface area contributed by atoms with E-state index in [0.717, 1.165) is 31.2 Å². The monoisotopic (exact) mass is 450 g/mol. The van der Waals surface area contributed by atoms with E-state index in [1.54, 1.807) is 4.90 Å². The number of amides is 1. The summed E-state index contributed by atoms with van der Waals surface area (Å²) in [6, 6.07) is 3.66. The number of halogens is 1. The Morgan fingerprint density at radius 1 is 1.29 bits per heavy atom. The second kappa shape index (κ2) is 8.74. The number of aromatic nitrogens is 2. The van der Waals surface area contributed by atoms with Crippen LogP contribution < -0.4 is 10.5 Å². The minimum Gasteiger partial charge on any atom is -0.486 e. The van der Waals surface area contributed by atoms with Crippen LogP contribution >= 0.6 is 11.6 Å². The molecule has 8 nitrogen and oxygen atoms in total. The predicted octanol–water partition coefficient (Wildman–Crippen LogP) is 4.40. The number of hydrogen-bond donors (Lipinski definition) is 1. The average Bonchev–Trinajstić information content (AvgIpc) is 3.23. The molecule has 170 valence electrons. The fourth-order valence-corrected chi connectivity index (χ4v) is 4.51. The molecule has 2 fully saturated rings. The number of likely N-dealkylation sites (tertiary alicyclic amines) is 1. The van der Waals surface area contributed by atoms with Crippen LogP contribution in [0.5, 0.6) is 5.75 Å². The molecule has 0 spiro atoms. The summed E-state index contributed by atoms with van der Waals surface area (Å²) in [7, 11) is 0. The number of nitrogen functional groups attached to an aromatic ring is 1. The van der Waals surface area contributed by atoms with E-state index < -0.39 is 5.60 Å². The van der Waals surface area contributed by atoms with Crippen molar-refractivity contribution in [2.24, 2.45) is 0 Å². The van der Waals surface area contributed by atoms with Gasteiger partial charge in [-0.2, -0.15) is 0 Å². The summed E-state index contributed by atoms with van der Waals surface area (Å²) in [5.74, 6) is 0.984. The van der Waals surface area contributed by atoms with Crippen LogP contribution in [-0.2, 0) is 9.47 Å². The van der Waals surface area contributed by atoms with E-state index in [1.165, 1.54) is 0 Å². The minimum atomic E-state index is -0.543. The summed E-state index contributed by atoms with van der Waals surface area (Å²) >= 11 is 6.80. The quantitative estimate of drug-likeness (QED) is 0.745. The van der Waals surface area contributed by atoms with Crippen LogP contribution in [-0.4, -0.2) is 58.6 Å². The third-order valence-electron chi connectivity index (χ3n) is 5.63. The molecular formula is C22H31ClN4O4. The number of nitrogens with two attached hydrogens (primary N) is 1. The number of anilines is 1. The maximum atomic E-state index is 12.7. The second-order valence-electron chi connectivity index (χ2n) is 9.26. The number of benzene rings is 1. The number of ether oxygens (including phenoxy) is 3. The van der Waals surface area contributed by atoms with Gasteiger partial charge in [-0.1, -0.05) is 11.6 Å².